The molecule has 7 nitrogen and oxygen atoms in total. The lowest BCUT2D eigenvalue weighted by Gasteiger charge is -2.38. The summed E-state index contributed by atoms with van der Waals surface area (Å²) in [4.78, 5) is 31.1. The van der Waals surface area contributed by atoms with Crippen molar-refractivity contribution in [2.75, 3.05) is 26.2 Å². The van der Waals surface area contributed by atoms with Crippen molar-refractivity contribution in [1.82, 2.24) is 24.8 Å². The molecule has 0 spiro atoms. The lowest BCUT2D eigenvalue weighted by Crippen LogP contribution is -2.45. The number of piperidine rings is 2. The number of nitrogens with one attached hydrogen (secondary N) is 2. The largest absolute Gasteiger partial charge is 0.342 e. The van der Waals surface area contributed by atoms with E-state index in [1.54, 1.807) is 4.52 Å². The number of carbonyl (C=O) groups is 1. The van der Waals surface area contributed by atoms with Crippen molar-refractivity contribution < 1.29 is 4.79 Å². The quantitative estimate of drug-likeness (QED) is 0.841. The number of rotatable bonds is 4. The predicted molar refractivity (Wildman–Crippen MR) is 109 cm³/mol. The Hall–Kier alpha value is -2.15. The van der Waals surface area contributed by atoms with Gasteiger partial charge in [-0.15, -0.1) is 0 Å². The zero-order valence-corrected chi connectivity index (χ0v) is 17.0. The number of carbonyl (C=O) groups excluding carboxylic acids is 1. The zero-order chi connectivity index (χ0) is 19.7. The highest BCUT2D eigenvalue weighted by atomic mass is 16.2. The van der Waals surface area contributed by atoms with E-state index in [-0.39, 0.29) is 11.5 Å². The van der Waals surface area contributed by atoms with E-state index in [0.717, 1.165) is 49.6 Å². The van der Waals surface area contributed by atoms with Crippen LogP contribution in [0.25, 0.3) is 5.65 Å². The van der Waals surface area contributed by atoms with Gasteiger partial charge in [0, 0.05) is 37.0 Å². The molecule has 2 saturated heterocycles. The van der Waals surface area contributed by atoms with Gasteiger partial charge >= 0.3 is 0 Å². The molecule has 2 fully saturated rings. The molecule has 2 aliphatic rings. The molecule has 0 saturated carbocycles. The summed E-state index contributed by atoms with van der Waals surface area (Å²) in [6.07, 6.45) is 6.06. The minimum atomic E-state index is -0.153. The Labute approximate surface area is 165 Å². The van der Waals surface area contributed by atoms with Crippen molar-refractivity contribution in [3.63, 3.8) is 0 Å². The monoisotopic (exact) mass is 385 g/mol. The van der Waals surface area contributed by atoms with Gasteiger partial charge in [-0.05, 0) is 76.4 Å². The second-order valence-corrected chi connectivity index (χ2v) is 8.42. The summed E-state index contributed by atoms with van der Waals surface area (Å²) in [6.45, 7) is 7.96. The van der Waals surface area contributed by atoms with Gasteiger partial charge < -0.3 is 10.2 Å². The minimum absolute atomic E-state index is 0.153. The van der Waals surface area contributed by atoms with Crippen LogP contribution in [0, 0.1) is 25.7 Å². The van der Waals surface area contributed by atoms with Crippen molar-refractivity contribution in [2.24, 2.45) is 11.8 Å². The maximum absolute atomic E-state index is 12.9. The molecule has 28 heavy (non-hydrogen) atoms. The second-order valence-electron chi connectivity index (χ2n) is 8.42. The Balaban J connectivity index is 1.41. The highest BCUT2D eigenvalue weighted by Gasteiger charge is 2.30. The van der Waals surface area contributed by atoms with Crippen LogP contribution in [0.4, 0.5) is 0 Å². The first-order valence-corrected chi connectivity index (χ1v) is 10.6. The van der Waals surface area contributed by atoms with Crippen LogP contribution in [-0.4, -0.2) is 51.6 Å². The van der Waals surface area contributed by atoms with E-state index >= 15 is 0 Å². The standard InChI is InChI=1S/C21H31N5O2/c1-14-18(15(2)26-19(23-14)11-20(27)24-26)7-8-21(28)25-10-4-6-17(13-25)16-5-3-9-22-12-16/h11,16-17,22H,3-10,12-13H2,1-2H3,(H,24,27). The van der Waals surface area contributed by atoms with Gasteiger partial charge in [-0.3, -0.25) is 14.7 Å². The Morgan fingerprint density at radius 2 is 2.07 bits per heavy atom. The van der Waals surface area contributed by atoms with Gasteiger partial charge in [0.15, 0.2) is 5.65 Å². The summed E-state index contributed by atoms with van der Waals surface area (Å²) in [6, 6.07) is 1.50. The molecule has 2 aromatic heterocycles. The van der Waals surface area contributed by atoms with Crippen molar-refractivity contribution in [2.45, 2.75) is 52.4 Å². The third-order valence-corrected chi connectivity index (χ3v) is 6.60. The van der Waals surface area contributed by atoms with Crippen LogP contribution in [0.1, 0.15) is 49.1 Å². The summed E-state index contributed by atoms with van der Waals surface area (Å²) < 4.78 is 1.72. The summed E-state index contributed by atoms with van der Waals surface area (Å²) >= 11 is 0. The fourth-order valence-corrected chi connectivity index (χ4v) is 5.01. The lowest BCUT2D eigenvalue weighted by molar-refractivity contribution is -0.133. The molecular weight excluding hydrogens is 354 g/mol. The number of amides is 1. The van der Waals surface area contributed by atoms with Crippen molar-refractivity contribution in [3.05, 3.63) is 33.4 Å². The van der Waals surface area contributed by atoms with Crippen LogP contribution in [0.5, 0.6) is 0 Å². The third kappa shape index (κ3) is 3.85. The molecule has 2 atom stereocenters. The van der Waals surface area contributed by atoms with Crippen molar-refractivity contribution >= 4 is 11.6 Å². The van der Waals surface area contributed by atoms with Crippen molar-refractivity contribution in [3.8, 4) is 0 Å². The van der Waals surface area contributed by atoms with E-state index in [2.05, 4.69) is 20.3 Å². The molecule has 4 rings (SSSR count). The summed E-state index contributed by atoms with van der Waals surface area (Å²) in [5, 5.41) is 6.30. The molecule has 0 aromatic carbocycles. The first-order chi connectivity index (χ1) is 13.5. The average molecular weight is 386 g/mol. The van der Waals surface area contributed by atoms with Gasteiger partial charge in [0.05, 0.1) is 0 Å². The maximum atomic E-state index is 12.9. The van der Waals surface area contributed by atoms with E-state index in [1.807, 2.05) is 13.8 Å². The van der Waals surface area contributed by atoms with E-state index in [1.165, 1.54) is 25.3 Å². The van der Waals surface area contributed by atoms with E-state index in [4.69, 9.17) is 0 Å². The van der Waals surface area contributed by atoms with Crippen LogP contribution in [-0.2, 0) is 11.2 Å². The van der Waals surface area contributed by atoms with Crippen molar-refractivity contribution in [1.29, 1.82) is 0 Å². The Kier molecular flexibility index (Phi) is 5.53. The molecule has 2 N–H and O–H groups in total. The Morgan fingerprint density at radius 1 is 1.25 bits per heavy atom. The maximum Gasteiger partial charge on any atom is 0.266 e. The Morgan fingerprint density at radius 3 is 2.86 bits per heavy atom. The summed E-state index contributed by atoms with van der Waals surface area (Å²) in [5.41, 5.74) is 3.39. The topological polar surface area (TPSA) is 82.5 Å². The number of aromatic amines is 1. The summed E-state index contributed by atoms with van der Waals surface area (Å²) in [5.74, 6) is 1.59. The van der Waals surface area contributed by atoms with E-state index in [9.17, 15) is 9.59 Å². The highest BCUT2D eigenvalue weighted by molar-refractivity contribution is 5.76. The Bertz CT molecular complexity index is 909. The van der Waals surface area contributed by atoms with Gasteiger partial charge in [-0.1, -0.05) is 0 Å². The number of aryl methyl sites for hydroxylation is 2. The number of hydrogen-bond donors (Lipinski definition) is 2. The fraction of sp³-hybridized carbons (Fsp3) is 0.667. The SMILES string of the molecule is Cc1nc2cc(=O)[nH]n2c(C)c1CCC(=O)N1CCCC(C2CCCNC2)C1. The molecule has 152 valence electrons. The number of nitrogens with zero attached hydrogens (tertiary/aromatic N) is 3. The van der Waals surface area contributed by atoms with Crippen LogP contribution < -0.4 is 10.9 Å². The third-order valence-electron chi connectivity index (χ3n) is 6.60. The molecule has 0 aliphatic carbocycles. The molecule has 0 bridgehead atoms. The van der Waals surface area contributed by atoms with Gasteiger partial charge in [0.1, 0.15) is 0 Å². The highest BCUT2D eigenvalue weighted by Crippen LogP contribution is 2.29. The van der Waals surface area contributed by atoms with Gasteiger partial charge in [0.2, 0.25) is 5.91 Å². The van der Waals surface area contributed by atoms with E-state index < -0.39 is 0 Å². The summed E-state index contributed by atoms with van der Waals surface area (Å²) in [7, 11) is 0. The van der Waals surface area contributed by atoms with Gasteiger partial charge in [0.25, 0.3) is 5.56 Å². The van der Waals surface area contributed by atoms with Crippen LogP contribution in [0.2, 0.25) is 0 Å². The van der Waals surface area contributed by atoms with E-state index in [0.29, 0.717) is 30.3 Å². The average Bonchev–Trinajstić information content (AvgIpc) is 3.08. The number of H-pyrrole nitrogens is 1. The second kappa shape index (κ2) is 8.07. The van der Waals surface area contributed by atoms with Gasteiger partial charge in [-0.2, -0.15) is 0 Å². The smallest absolute Gasteiger partial charge is 0.266 e. The fourth-order valence-electron chi connectivity index (χ4n) is 5.01. The molecule has 2 aromatic rings. The predicted octanol–water partition coefficient (Wildman–Crippen LogP) is 1.81. The normalized spacial score (nSPS) is 23.3. The first-order valence-electron chi connectivity index (χ1n) is 10.6. The molecule has 7 heteroatoms. The first kappa shape index (κ1) is 19.2. The number of aromatic nitrogens is 3. The van der Waals surface area contributed by atoms with Crippen LogP contribution >= 0.6 is 0 Å². The molecule has 4 heterocycles. The lowest BCUT2D eigenvalue weighted by atomic mass is 9.81. The molecule has 2 unspecified atom stereocenters. The molecule has 0 radical (unpaired) electrons. The zero-order valence-electron chi connectivity index (χ0n) is 17.0. The van der Waals surface area contributed by atoms with Gasteiger partial charge in [-0.25, -0.2) is 9.50 Å². The molecule has 1 amide bonds. The number of likely N-dealkylation sites (tertiary alicyclic amines) is 1. The van der Waals surface area contributed by atoms with Crippen LogP contribution in [0.3, 0.4) is 0 Å². The molecular formula is C21H31N5O2. The number of fused-ring (bicyclic) bond motifs is 1. The van der Waals surface area contributed by atoms with Crippen LogP contribution in [0.15, 0.2) is 10.9 Å². The minimum Gasteiger partial charge on any atom is -0.342 e. The molecule has 2 aliphatic heterocycles. The number of hydrogen-bond acceptors (Lipinski definition) is 4.